The van der Waals surface area contributed by atoms with E-state index in [0.29, 0.717) is 5.69 Å². The molecule has 1 amide bonds. The van der Waals surface area contributed by atoms with Crippen LogP contribution >= 0.6 is 11.6 Å². The molecule has 0 unspecified atom stereocenters. The lowest BCUT2D eigenvalue weighted by Gasteiger charge is -2.17. The fourth-order valence-corrected chi connectivity index (χ4v) is 1.95. The maximum Gasteiger partial charge on any atom is 0.340 e. The van der Waals surface area contributed by atoms with Gasteiger partial charge in [-0.15, -0.1) is 0 Å². The SMILES string of the molecule is CN(C(=O)COC(=O)c1cc(F)ccc1Cl)c1ccccc1. The highest BCUT2D eigenvalue weighted by Gasteiger charge is 2.17. The third-order valence-electron chi connectivity index (χ3n) is 2.99. The molecule has 0 aliphatic heterocycles. The molecular formula is C16H13ClFNO3. The standard InChI is InChI=1S/C16H13ClFNO3/c1-19(12-5-3-2-4-6-12)15(20)10-22-16(21)13-9-11(18)7-8-14(13)17/h2-9H,10H2,1H3. The molecule has 4 nitrogen and oxygen atoms in total. The second kappa shape index (κ2) is 7.04. The van der Waals surface area contributed by atoms with E-state index < -0.39 is 24.3 Å². The summed E-state index contributed by atoms with van der Waals surface area (Å²) >= 11 is 5.80. The average molecular weight is 322 g/mol. The summed E-state index contributed by atoms with van der Waals surface area (Å²) in [7, 11) is 1.57. The Hall–Kier alpha value is -2.40. The normalized spacial score (nSPS) is 10.1. The number of hydrogen-bond acceptors (Lipinski definition) is 3. The van der Waals surface area contributed by atoms with Crippen molar-refractivity contribution in [2.75, 3.05) is 18.6 Å². The molecule has 2 rings (SSSR count). The van der Waals surface area contributed by atoms with Crippen molar-refractivity contribution in [3.05, 3.63) is 64.9 Å². The molecule has 0 N–H and O–H groups in total. The van der Waals surface area contributed by atoms with Crippen LogP contribution < -0.4 is 4.90 Å². The fourth-order valence-electron chi connectivity index (χ4n) is 1.75. The van der Waals surface area contributed by atoms with Crippen molar-refractivity contribution < 1.29 is 18.7 Å². The number of benzene rings is 2. The van der Waals surface area contributed by atoms with Gasteiger partial charge in [-0.3, -0.25) is 4.79 Å². The molecule has 2 aromatic carbocycles. The van der Waals surface area contributed by atoms with Crippen molar-refractivity contribution in [3.63, 3.8) is 0 Å². The summed E-state index contributed by atoms with van der Waals surface area (Å²) in [5.41, 5.74) is 0.559. The zero-order chi connectivity index (χ0) is 16.1. The van der Waals surface area contributed by atoms with Crippen LogP contribution in [0.1, 0.15) is 10.4 Å². The molecular weight excluding hydrogens is 309 g/mol. The van der Waals surface area contributed by atoms with Crippen molar-refractivity contribution >= 4 is 29.2 Å². The lowest BCUT2D eigenvalue weighted by Crippen LogP contribution is -2.31. The minimum atomic E-state index is -0.848. The number of carbonyl (C=O) groups excluding carboxylic acids is 2. The Kier molecular flexibility index (Phi) is 5.12. The number of carbonyl (C=O) groups is 2. The summed E-state index contributed by atoms with van der Waals surface area (Å²) in [6, 6.07) is 12.3. The van der Waals surface area contributed by atoms with Crippen LogP contribution in [0.25, 0.3) is 0 Å². The van der Waals surface area contributed by atoms with Crippen LogP contribution in [0.5, 0.6) is 0 Å². The summed E-state index contributed by atoms with van der Waals surface area (Å²) in [6.07, 6.45) is 0. The van der Waals surface area contributed by atoms with Crippen LogP contribution in [0.2, 0.25) is 5.02 Å². The number of para-hydroxylation sites is 1. The number of halogens is 2. The Morgan fingerprint density at radius 2 is 1.86 bits per heavy atom. The number of amides is 1. The second-order valence-corrected chi connectivity index (χ2v) is 4.90. The Bertz CT molecular complexity index is 691. The minimum Gasteiger partial charge on any atom is -0.452 e. The molecule has 22 heavy (non-hydrogen) atoms. The molecule has 0 saturated carbocycles. The van der Waals surface area contributed by atoms with Gasteiger partial charge >= 0.3 is 5.97 Å². The number of hydrogen-bond donors (Lipinski definition) is 0. The van der Waals surface area contributed by atoms with Crippen molar-refractivity contribution in [1.29, 1.82) is 0 Å². The Balaban J connectivity index is 1.99. The van der Waals surface area contributed by atoms with Gasteiger partial charge in [-0.2, -0.15) is 0 Å². The van der Waals surface area contributed by atoms with Gasteiger partial charge in [0.05, 0.1) is 10.6 Å². The summed E-state index contributed by atoms with van der Waals surface area (Å²) < 4.78 is 18.0. The molecule has 0 saturated heterocycles. The van der Waals surface area contributed by atoms with Gasteiger partial charge in [0, 0.05) is 12.7 Å². The zero-order valence-corrected chi connectivity index (χ0v) is 12.5. The summed E-state index contributed by atoms with van der Waals surface area (Å²) in [6.45, 7) is -0.461. The number of nitrogens with zero attached hydrogens (tertiary/aromatic N) is 1. The first kappa shape index (κ1) is 16.0. The van der Waals surface area contributed by atoms with E-state index in [2.05, 4.69) is 0 Å². The predicted molar refractivity (Wildman–Crippen MR) is 81.5 cm³/mol. The highest BCUT2D eigenvalue weighted by Crippen LogP contribution is 2.18. The van der Waals surface area contributed by atoms with Gasteiger partial charge in [0.25, 0.3) is 5.91 Å². The van der Waals surface area contributed by atoms with Crippen molar-refractivity contribution in [2.45, 2.75) is 0 Å². The third-order valence-corrected chi connectivity index (χ3v) is 3.32. The molecule has 0 fully saturated rings. The first-order chi connectivity index (χ1) is 10.5. The number of likely N-dealkylation sites (N-methyl/N-ethyl adjacent to an activating group) is 1. The van der Waals surface area contributed by atoms with E-state index in [9.17, 15) is 14.0 Å². The first-order valence-electron chi connectivity index (χ1n) is 6.43. The van der Waals surface area contributed by atoms with Gasteiger partial charge < -0.3 is 9.64 Å². The Labute approximate surface area is 132 Å². The van der Waals surface area contributed by atoms with Crippen LogP contribution in [-0.2, 0) is 9.53 Å². The quantitative estimate of drug-likeness (QED) is 0.812. The molecule has 2 aromatic rings. The topological polar surface area (TPSA) is 46.6 Å². The fraction of sp³-hybridized carbons (Fsp3) is 0.125. The molecule has 0 spiro atoms. The van der Waals surface area contributed by atoms with Crippen LogP contribution in [0.3, 0.4) is 0 Å². The maximum atomic E-state index is 13.1. The molecule has 0 aliphatic carbocycles. The van der Waals surface area contributed by atoms with E-state index in [-0.39, 0.29) is 10.6 Å². The Morgan fingerprint density at radius 3 is 2.55 bits per heavy atom. The lowest BCUT2D eigenvalue weighted by molar-refractivity contribution is -0.121. The summed E-state index contributed by atoms with van der Waals surface area (Å²) in [4.78, 5) is 25.2. The third kappa shape index (κ3) is 3.83. The molecule has 114 valence electrons. The summed E-state index contributed by atoms with van der Waals surface area (Å²) in [5, 5.41) is 0.0651. The highest BCUT2D eigenvalue weighted by atomic mass is 35.5. The zero-order valence-electron chi connectivity index (χ0n) is 11.8. The Morgan fingerprint density at radius 1 is 1.18 bits per heavy atom. The van der Waals surface area contributed by atoms with Crippen molar-refractivity contribution in [2.24, 2.45) is 0 Å². The van der Waals surface area contributed by atoms with Crippen molar-refractivity contribution in [3.8, 4) is 0 Å². The molecule has 0 atom stereocenters. The minimum absolute atomic E-state index is 0.0651. The van der Waals surface area contributed by atoms with Gasteiger partial charge in [0.2, 0.25) is 0 Å². The average Bonchev–Trinajstić information content (AvgIpc) is 2.54. The highest BCUT2D eigenvalue weighted by molar-refractivity contribution is 6.33. The number of esters is 1. The molecule has 0 aromatic heterocycles. The van der Waals surface area contributed by atoms with Crippen LogP contribution in [0.15, 0.2) is 48.5 Å². The van der Waals surface area contributed by atoms with Crippen LogP contribution in [0.4, 0.5) is 10.1 Å². The molecule has 0 bridgehead atoms. The van der Waals surface area contributed by atoms with E-state index >= 15 is 0 Å². The molecule has 0 aliphatic rings. The van der Waals surface area contributed by atoms with Crippen molar-refractivity contribution in [1.82, 2.24) is 0 Å². The van der Waals surface area contributed by atoms with Gasteiger partial charge in [0.15, 0.2) is 6.61 Å². The largest absolute Gasteiger partial charge is 0.452 e. The van der Waals surface area contributed by atoms with Crippen LogP contribution in [-0.4, -0.2) is 25.5 Å². The van der Waals surface area contributed by atoms with E-state index in [0.717, 1.165) is 12.1 Å². The van der Waals surface area contributed by atoms with Gasteiger partial charge in [-0.05, 0) is 30.3 Å². The van der Waals surface area contributed by atoms with Crippen LogP contribution in [0, 0.1) is 5.82 Å². The summed E-state index contributed by atoms with van der Waals surface area (Å²) in [5.74, 6) is -1.87. The first-order valence-corrected chi connectivity index (χ1v) is 6.80. The van der Waals surface area contributed by atoms with Gasteiger partial charge in [-0.25, -0.2) is 9.18 Å². The van der Waals surface area contributed by atoms with E-state index in [4.69, 9.17) is 16.3 Å². The van der Waals surface area contributed by atoms with Gasteiger partial charge in [0.1, 0.15) is 5.82 Å². The monoisotopic (exact) mass is 321 g/mol. The number of ether oxygens (including phenoxy) is 1. The number of anilines is 1. The van der Waals surface area contributed by atoms with E-state index in [1.165, 1.54) is 11.0 Å². The lowest BCUT2D eigenvalue weighted by atomic mass is 10.2. The van der Waals surface area contributed by atoms with E-state index in [1.807, 2.05) is 6.07 Å². The predicted octanol–water partition coefficient (Wildman–Crippen LogP) is 3.30. The maximum absolute atomic E-state index is 13.1. The molecule has 6 heteroatoms. The molecule has 0 radical (unpaired) electrons. The smallest absolute Gasteiger partial charge is 0.340 e. The second-order valence-electron chi connectivity index (χ2n) is 4.49. The number of rotatable bonds is 4. The van der Waals surface area contributed by atoms with Gasteiger partial charge in [-0.1, -0.05) is 29.8 Å². The molecule has 0 heterocycles. The van der Waals surface area contributed by atoms with E-state index in [1.54, 1.807) is 31.3 Å².